The maximum Gasteiger partial charge on any atom is 0.101 e. The molecule has 0 fully saturated rings. The number of benzene rings is 1. The lowest BCUT2D eigenvalue weighted by molar-refractivity contribution is 0.409. The molecule has 1 aromatic carbocycles. The van der Waals surface area contributed by atoms with Gasteiger partial charge >= 0.3 is 0 Å². The Balaban J connectivity index is 2.99. The van der Waals surface area contributed by atoms with E-state index in [0.717, 1.165) is 35.4 Å². The van der Waals surface area contributed by atoms with Gasteiger partial charge < -0.3 is 9.80 Å². The number of nitrogens with zero attached hydrogens (tertiary/aromatic N) is 3. The van der Waals surface area contributed by atoms with E-state index in [1.165, 1.54) is 0 Å². The second kappa shape index (κ2) is 7.52. The zero-order valence-corrected chi connectivity index (χ0v) is 13.7. The summed E-state index contributed by atoms with van der Waals surface area (Å²) in [6.07, 6.45) is 0. The molecule has 4 heteroatoms. The van der Waals surface area contributed by atoms with Crippen molar-refractivity contribution in [2.45, 2.75) is 13.8 Å². The maximum absolute atomic E-state index is 9.30. The number of hydrogen-bond acceptors (Lipinski definition) is 3. The van der Waals surface area contributed by atoms with Crippen molar-refractivity contribution in [2.75, 3.05) is 38.6 Å². The lowest BCUT2D eigenvalue weighted by Crippen LogP contribution is -2.34. The van der Waals surface area contributed by atoms with E-state index in [2.05, 4.69) is 59.7 Å². The van der Waals surface area contributed by atoms with Crippen LogP contribution in [0.2, 0.25) is 0 Å². The van der Waals surface area contributed by atoms with Crippen LogP contribution in [0.3, 0.4) is 0 Å². The van der Waals surface area contributed by atoms with E-state index in [-0.39, 0.29) is 0 Å². The maximum atomic E-state index is 9.30. The van der Waals surface area contributed by atoms with Gasteiger partial charge in [-0.1, -0.05) is 29.8 Å². The first kappa shape index (κ1) is 16.0. The third-order valence-electron chi connectivity index (χ3n) is 2.82. The van der Waals surface area contributed by atoms with Crippen LogP contribution in [0.25, 0.3) is 0 Å². The van der Waals surface area contributed by atoms with Crippen molar-refractivity contribution in [3.05, 3.63) is 28.2 Å². The molecule has 0 saturated carbocycles. The van der Waals surface area contributed by atoms with Gasteiger partial charge in [0.25, 0.3) is 0 Å². The van der Waals surface area contributed by atoms with Gasteiger partial charge in [-0.3, -0.25) is 0 Å². The Kier molecular flexibility index (Phi) is 6.33. The molecule has 0 aliphatic rings. The lowest BCUT2D eigenvalue weighted by Gasteiger charge is -2.29. The predicted octanol–water partition coefficient (Wildman–Crippen LogP) is 3.34. The van der Waals surface area contributed by atoms with Crippen LogP contribution in [0, 0.1) is 17.2 Å². The van der Waals surface area contributed by atoms with Crippen LogP contribution in [0.4, 0.5) is 5.69 Å². The van der Waals surface area contributed by atoms with E-state index >= 15 is 0 Å². The molecule has 0 bridgehead atoms. The summed E-state index contributed by atoms with van der Waals surface area (Å²) < 4.78 is 0.949. The molecule has 0 unspecified atom stereocenters. The van der Waals surface area contributed by atoms with Crippen molar-refractivity contribution < 1.29 is 0 Å². The van der Waals surface area contributed by atoms with Crippen LogP contribution >= 0.6 is 15.9 Å². The summed E-state index contributed by atoms with van der Waals surface area (Å²) in [5.74, 6) is 0.567. The van der Waals surface area contributed by atoms with Crippen LogP contribution in [0.5, 0.6) is 0 Å². The van der Waals surface area contributed by atoms with Crippen molar-refractivity contribution in [3.63, 3.8) is 0 Å². The summed E-state index contributed by atoms with van der Waals surface area (Å²) >= 11 is 3.42. The third-order valence-corrected chi connectivity index (χ3v) is 3.32. The molecule has 0 radical (unpaired) electrons. The van der Waals surface area contributed by atoms with Crippen molar-refractivity contribution in [2.24, 2.45) is 5.92 Å². The molecular weight excluding hydrogens is 302 g/mol. The van der Waals surface area contributed by atoms with Crippen molar-refractivity contribution in [3.8, 4) is 6.07 Å². The van der Waals surface area contributed by atoms with Gasteiger partial charge in [-0.15, -0.1) is 0 Å². The first-order chi connectivity index (χ1) is 8.93. The van der Waals surface area contributed by atoms with Gasteiger partial charge in [0.1, 0.15) is 6.07 Å². The minimum Gasteiger partial charge on any atom is -0.369 e. The second-order valence-electron chi connectivity index (χ2n) is 5.42. The van der Waals surface area contributed by atoms with E-state index in [0.29, 0.717) is 5.92 Å². The van der Waals surface area contributed by atoms with E-state index in [1.807, 2.05) is 18.2 Å². The first-order valence-electron chi connectivity index (χ1n) is 6.53. The van der Waals surface area contributed by atoms with Gasteiger partial charge in [-0.05, 0) is 38.2 Å². The van der Waals surface area contributed by atoms with Crippen LogP contribution < -0.4 is 4.90 Å². The standard InChI is InChI=1S/C15H22BrN3/c1-12(2)11-19(8-7-18(3)4)15-6-5-14(16)9-13(15)10-17/h5-6,9,12H,7-8,11H2,1-4H3. The summed E-state index contributed by atoms with van der Waals surface area (Å²) in [5, 5.41) is 9.30. The fourth-order valence-corrected chi connectivity index (χ4v) is 2.31. The van der Waals surface area contributed by atoms with Gasteiger partial charge in [-0.2, -0.15) is 5.26 Å². The Morgan fingerprint density at radius 1 is 1.26 bits per heavy atom. The molecule has 0 atom stereocenters. The van der Waals surface area contributed by atoms with Crippen LogP contribution in [-0.2, 0) is 0 Å². The summed E-state index contributed by atoms with van der Waals surface area (Å²) in [7, 11) is 4.14. The van der Waals surface area contributed by atoms with E-state index < -0.39 is 0 Å². The van der Waals surface area contributed by atoms with Gasteiger partial charge in [-0.25, -0.2) is 0 Å². The molecule has 0 amide bonds. The van der Waals surface area contributed by atoms with Crippen LogP contribution in [-0.4, -0.2) is 38.6 Å². The SMILES string of the molecule is CC(C)CN(CCN(C)C)c1ccc(Br)cc1C#N. The molecule has 0 heterocycles. The second-order valence-corrected chi connectivity index (χ2v) is 6.33. The smallest absolute Gasteiger partial charge is 0.101 e. The van der Waals surface area contributed by atoms with Gasteiger partial charge in [0.15, 0.2) is 0 Å². The van der Waals surface area contributed by atoms with Crippen molar-refractivity contribution in [1.82, 2.24) is 4.90 Å². The molecule has 0 aromatic heterocycles. The Hall–Kier alpha value is -1.05. The number of anilines is 1. The fourth-order valence-electron chi connectivity index (χ4n) is 1.95. The molecular formula is C15H22BrN3. The zero-order chi connectivity index (χ0) is 14.4. The largest absolute Gasteiger partial charge is 0.369 e. The van der Waals surface area contributed by atoms with E-state index in [4.69, 9.17) is 0 Å². The molecule has 1 rings (SSSR count). The number of halogens is 1. The predicted molar refractivity (Wildman–Crippen MR) is 84.5 cm³/mol. The summed E-state index contributed by atoms with van der Waals surface area (Å²) in [5.41, 5.74) is 1.76. The molecule has 3 nitrogen and oxygen atoms in total. The monoisotopic (exact) mass is 323 g/mol. The highest BCUT2D eigenvalue weighted by atomic mass is 79.9. The van der Waals surface area contributed by atoms with Gasteiger partial charge in [0.2, 0.25) is 0 Å². The molecule has 0 N–H and O–H groups in total. The minimum absolute atomic E-state index is 0.567. The highest BCUT2D eigenvalue weighted by Gasteiger charge is 2.13. The number of hydrogen-bond donors (Lipinski definition) is 0. The fraction of sp³-hybridized carbons (Fsp3) is 0.533. The molecule has 0 saturated heterocycles. The molecule has 0 aliphatic carbocycles. The topological polar surface area (TPSA) is 30.3 Å². The highest BCUT2D eigenvalue weighted by Crippen LogP contribution is 2.24. The minimum atomic E-state index is 0.567. The first-order valence-corrected chi connectivity index (χ1v) is 7.32. The summed E-state index contributed by atoms with van der Waals surface area (Å²) in [6, 6.07) is 8.21. The number of nitriles is 1. The molecule has 104 valence electrons. The number of rotatable bonds is 6. The highest BCUT2D eigenvalue weighted by molar-refractivity contribution is 9.10. The Labute approximate surface area is 124 Å². The van der Waals surface area contributed by atoms with E-state index in [9.17, 15) is 5.26 Å². The average Bonchev–Trinajstić information content (AvgIpc) is 2.33. The lowest BCUT2D eigenvalue weighted by atomic mass is 10.1. The summed E-state index contributed by atoms with van der Waals surface area (Å²) in [4.78, 5) is 4.47. The number of likely N-dealkylation sites (N-methyl/N-ethyl adjacent to an activating group) is 1. The Morgan fingerprint density at radius 3 is 2.47 bits per heavy atom. The molecule has 0 spiro atoms. The van der Waals surface area contributed by atoms with Crippen molar-refractivity contribution >= 4 is 21.6 Å². The normalized spacial score (nSPS) is 10.8. The summed E-state index contributed by atoms with van der Waals surface area (Å²) in [6.45, 7) is 7.28. The van der Waals surface area contributed by atoms with Gasteiger partial charge in [0.05, 0.1) is 11.3 Å². The Morgan fingerprint density at radius 2 is 1.95 bits per heavy atom. The quantitative estimate of drug-likeness (QED) is 0.804. The van der Waals surface area contributed by atoms with Crippen LogP contribution in [0.15, 0.2) is 22.7 Å². The zero-order valence-electron chi connectivity index (χ0n) is 12.2. The third kappa shape index (κ3) is 5.22. The van der Waals surface area contributed by atoms with E-state index in [1.54, 1.807) is 0 Å². The van der Waals surface area contributed by atoms with Crippen molar-refractivity contribution in [1.29, 1.82) is 5.26 Å². The Bertz CT molecular complexity index is 449. The average molecular weight is 324 g/mol. The van der Waals surface area contributed by atoms with Gasteiger partial charge in [0, 0.05) is 24.1 Å². The molecule has 0 aliphatic heterocycles. The molecule has 19 heavy (non-hydrogen) atoms. The molecule has 1 aromatic rings. The van der Waals surface area contributed by atoms with Crippen LogP contribution in [0.1, 0.15) is 19.4 Å².